The summed E-state index contributed by atoms with van der Waals surface area (Å²) in [5.74, 6) is -1.19. The minimum absolute atomic E-state index is 0.119. The monoisotopic (exact) mass is 316 g/mol. The molecule has 1 aromatic rings. The Bertz CT molecular complexity index is 565. The summed E-state index contributed by atoms with van der Waals surface area (Å²) in [5, 5.41) is 10.7. The number of nitrogens with zero attached hydrogens (tertiary/aromatic N) is 1. The van der Waals surface area contributed by atoms with Gasteiger partial charge in [0.25, 0.3) is 0 Å². The van der Waals surface area contributed by atoms with E-state index in [4.69, 9.17) is 0 Å². The van der Waals surface area contributed by atoms with Gasteiger partial charge in [0.15, 0.2) is 5.78 Å². The van der Waals surface area contributed by atoms with Crippen LogP contribution in [-0.4, -0.2) is 36.2 Å². The highest BCUT2D eigenvalue weighted by molar-refractivity contribution is 5.98. The van der Waals surface area contributed by atoms with E-state index in [9.17, 15) is 27.9 Å². The van der Waals surface area contributed by atoms with Gasteiger partial charge < -0.3 is 19.5 Å². The normalized spacial score (nSPS) is 16.4. The first kappa shape index (κ1) is 16.1. The summed E-state index contributed by atoms with van der Waals surface area (Å²) in [7, 11) is 0. The Morgan fingerprint density at radius 1 is 1.23 bits per heavy atom. The van der Waals surface area contributed by atoms with Crippen LogP contribution < -0.4 is 9.84 Å². The van der Waals surface area contributed by atoms with Crippen LogP contribution in [0.4, 0.5) is 18.0 Å². The van der Waals surface area contributed by atoms with Crippen LogP contribution in [0, 0.1) is 5.92 Å². The third-order valence-electron chi connectivity index (χ3n) is 3.48. The van der Waals surface area contributed by atoms with Crippen LogP contribution in [-0.2, 0) is 0 Å². The summed E-state index contributed by atoms with van der Waals surface area (Å²) >= 11 is 0. The molecule has 0 spiro atoms. The average Bonchev–Trinajstić information content (AvgIpc) is 2.45. The molecule has 5 nitrogen and oxygen atoms in total. The van der Waals surface area contributed by atoms with Crippen molar-refractivity contribution in [1.82, 2.24) is 4.90 Å². The van der Waals surface area contributed by atoms with Crippen molar-refractivity contribution in [3.63, 3.8) is 0 Å². The first-order chi connectivity index (χ1) is 10.3. The number of rotatable bonds is 3. The average molecular weight is 316 g/mol. The van der Waals surface area contributed by atoms with Gasteiger partial charge in [0.1, 0.15) is 11.8 Å². The minimum atomic E-state index is -4.82. The molecule has 0 bridgehead atoms. The second-order valence-corrected chi connectivity index (χ2v) is 4.97. The lowest BCUT2D eigenvalue weighted by atomic mass is 9.89. The number of amides is 1. The molecule has 0 N–H and O–H groups in total. The van der Waals surface area contributed by atoms with E-state index >= 15 is 0 Å². The minimum Gasteiger partial charge on any atom is -0.530 e. The topological polar surface area (TPSA) is 69.7 Å². The Kier molecular flexibility index (Phi) is 4.58. The molecule has 8 heteroatoms. The van der Waals surface area contributed by atoms with Gasteiger partial charge >= 0.3 is 6.36 Å². The van der Waals surface area contributed by atoms with E-state index in [1.54, 1.807) is 0 Å². The van der Waals surface area contributed by atoms with Gasteiger partial charge in [-0.1, -0.05) is 12.1 Å². The SMILES string of the molecule is O=C(c1cccc(OC(F)(F)F)c1)C1CCN(C(=O)[O-])CC1. The van der Waals surface area contributed by atoms with E-state index in [1.165, 1.54) is 12.1 Å². The van der Waals surface area contributed by atoms with Crippen LogP contribution >= 0.6 is 0 Å². The van der Waals surface area contributed by atoms with Crippen molar-refractivity contribution >= 4 is 11.9 Å². The number of alkyl halides is 3. The molecular formula is C14H13F3NO4-. The molecule has 1 amide bonds. The number of benzene rings is 1. The van der Waals surface area contributed by atoms with E-state index in [2.05, 4.69) is 4.74 Å². The van der Waals surface area contributed by atoms with Crippen molar-refractivity contribution in [2.75, 3.05) is 13.1 Å². The van der Waals surface area contributed by atoms with Gasteiger partial charge in [0.2, 0.25) is 0 Å². The number of carboxylic acid groups (broad SMARTS) is 1. The molecule has 1 aliphatic heterocycles. The van der Waals surface area contributed by atoms with Crippen LogP contribution in [0.2, 0.25) is 0 Å². The number of carbonyl (C=O) groups is 2. The second kappa shape index (κ2) is 6.25. The number of piperidine rings is 1. The second-order valence-electron chi connectivity index (χ2n) is 4.97. The van der Waals surface area contributed by atoms with Crippen molar-refractivity contribution in [3.8, 4) is 5.75 Å². The summed E-state index contributed by atoms with van der Waals surface area (Å²) in [4.78, 5) is 24.1. The van der Waals surface area contributed by atoms with Gasteiger partial charge in [-0.25, -0.2) is 0 Å². The smallest absolute Gasteiger partial charge is 0.530 e. The summed E-state index contributed by atoms with van der Waals surface area (Å²) < 4.78 is 40.3. The van der Waals surface area contributed by atoms with E-state index in [0.717, 1.165) is 17.0 Å². The van der Waals surface area contributed by atoms with E-state index in [0.29, 0.717) is 12.8 Å². The molecule has 2 rings (SSSR count). The molecule has 1 aromatic carbocycles. The van der Waals surface area contributed by atoms with Gasteiger partial charge in [-0.15, -0.1) is 13.2 Å². The molecule has 1 heterocycles. The van der Waals surface area contributed by atoms with Crippen molar-refractivity contribution in [2.45, 2.75) is 19.2 Å². The number of Topliss-reactive ketones (excluding diaryl/α,β-unsaturated/α-hetero) is 1. The molecule has 0 radical (unpaired) electrons. The van der Waals surface area contributed by atoms with Gasteiger partial charge in [-0.3, -0.25) is 4.79 Å². The quantitative estimate of drug-likeness (QED) is 0.798. The lowest BCUT2D eigenvalue weighted by molar-refractivity contribution is -0.274. The zero-order valence-electron chi connectivity index (χ0n) is 11.4. The Balaban J connectivity index is 2.04. The zero-order valence-corrected chi connectivity index (χ0v) is 11.4. The van der Waals surface area contributed by atoms with E-state index in [-0.39, 0.29) is 24.4 Å². The van der Waals surface area contributed by atoms with Crippen LogP contribution in [0.25, 0.3) is 0 Å². The summed E-state index contributed by atoms with van der Waals surface area (Å²) in [6.07, 6.45) is -5.47. The fourth-order valence-electron chi connectivity index (χ4n) is 2.41. The van der Waals surface area contributed by atoms with Gasteiger partial charge in [-0.2, -0.15) is 0 Å². The number of hydrogen-bond acceptors (Lipinski definition) is 4. The summed E-state index contributed by atoms with van der Waals surface area (Å²) in [6, 6.07) is 4.88. The molecule has 22 heavy (non-hydrogen) atoms. The highest BCUT2D eigenvalue weighted by Gasteiger charge is 2.32. The van der Waals surface area contributed by atoms with E-state index in [1.807, 2.05) is 0 Å². The number of likely N-dealkylation sites (tertiary alicyclic amines) is 1. The number of ketones is 1. The number of ether oxygens (including phenoxy) is 1. The predicted molar refractivity (Wildman–Crippen MR) is 67.1 cm³/mol. The molecule has 0 atom stereocenters. The Labute approximate surface area is 124 Å². The summed E-state index contributed by atoms with van der Waals surface area (Å²) in [5.41, 5.74) is 0.119. The molecule has 0 aromatic heterocycles. The Morgan fingerprint density at radius 2 is 1.86 bits per heavy atom. The third kappa shape index (κ3) is 4.12. The molecule has 0 unspecified atom stereocenters. The maximum absolute atomic E-state index is 12.3. The number of hydrogen-bond donors (Lipinski definition) is 0. The molecule has 1 fully saturated rings. The fourth-order valence-corrected chi connectivity index (χ4v) is 2.41. The highest BCUT2D eigenvalue weighted by atomic mass is 19.4. The molecule has 1 aliphatic rings. The highest BCUT2D eigenvalue weighted by Crippen LogP contribution is 2.26. The van der Waals surface area contributed by atoms with Crippen molar-refractivity contribution in [1.29, 1.82) is 0 Å². The van der Waals surface area contributed by atoms with Crippen LogP contribution in [0.15, 0.2) is 24.3 Å². The van der Waals surface area contributed by atoms with Crippen LogP contribution in [0.3, 0.4) is 0 Å². The van der Waals surface area contributed by atoms with Gasteiger partial charge in [0.05, 0.1) is 0 Å². The first-order valence-electron chi connectivity index (χ1n) is 6.62. The Morgan fingerprint density at radius 3 is 2.41 bits per heavy atom. The lowest BCUT2D eigenvalue weighted by Gasteiger charge is -2.33. The lowest BCUT2D eigenvalue weighted by Crippen LogP contribution is -2.46. The van der Waals surface area contributed by atoms with Crippen molar-refractivity contribution in [3.05, 3.63) is 29.8 Å². The summed E-state index contributed by atoms with van der Waals surface area (Å²) in [6.45, 7) is 0.356. The van der Waals surface area contributed by atoms with E-state index < -0.39 is 24.1 Å². The first-order valence-corrected chi connectivity index (χ1v) is 6.62. The molecule has 0 saturated carbocycles. The van der Waals surface area contributed by atoms with Crippen LogP contribution in [0.5, 0.6) is 5.75 Å². The maximum Gasteiger partial charge on any atom is 0.573 e. The predicted octanol–water partition coefficient (Wildman–Crippen LogP) is 1.82. The van der Waals surface area contributed by atoms with Crippen molar-refractivity contribution < 1.29 is 32.6 Å². The van der Waals surface area contributed by atoms with Gasteiger partial charge in [-0.05, 0) is 25.0 Å². The molecule has 120 valence electrons. The standard InChI is InChI=1S/C14H14F3NO4/c15-14(16,17)22-11-3-1-2-10(8-11)12(19)9-4-6-18(7-5-9)13(20)21/h1-3,8-9H,4-7H2,(H,20,21)/p-1. The molecule has 1 saturated heterocycles. The van der Waals surface area contributed by atoms with Crippen LogP contribution in [0.1, 0.15) is 23.2 Å². The number of halogens is 3. The maximum atomic E-state index is 12.3. The van der Waals surface area contributed by atoms with Crippen molar-refractivity contribution in [2.24, 2.45) is 5.92 Å². The number of carbonyl (C=O) groups excluding carboxylic acids is 2. The molecule has 0 aliphatic carbocycles. The Hall–Kier alpha value is -2.25. The third-order valence-corrected chi connectivity index (χ3v) is 3.48. The molecular weight excluding hydrogens is 303 g/mol. The zero-order chi connectivity index (χ0) is 16.3. The fraction of sp³-hybridized carbons (Fsp3) is 0.429. The van der Waals surface area contributed by atoms with Gasteiger partial charge in [0, 0.05) is 24.6 Å². The largest absolute Gasteiger partial charge is 0.573 e.